The minimum atomic E-state index is -4.74. The van der Waals surface area contributed by atoms with E-state index in [1.165, 1.54) is 0 Å². The lowest BCUT2D eigenvalue weighted by Gasteiger charge is -2.12. The number of methoxy groups -OCH3 is 1. The number of esters is 1. The standard InChI is InChI=1S/C11H13F3N2O3/c1-6(2)5-16-9(17)7(10(18)19-3)4-8(15-16)11(12,13)14/h4,6H,5H2,1-3H3. The highest BCUT2D eigenvalue weighted by molar-refractivity contribution is 5.88. The number of halogens is 3. The van der Waals surface area contributed by atoms with E-state index >= 15 is 0 Å². The molecule has 0 atom stereocenters. The number of ether oxygens (including phenoxy) is 1. The van der Waals surface area contributed by atoms with Gasteiger partial charge in [-0.15, -0.1) is 0 Å². The van der Waals surface area contributed by atoms with Crippen molar-refractivity contribution >= 4 is 5.97 Å². The maximum Gasteiger partial charge on any atom is 0.435 e. The summed E-state index contributed by atoms with van der Waals surface area (Å²) in [6, 6.07) is 0.408. The Morgan fingerprint density at radius 3 is 2.47 bits per heavy atom. The Bertz CT molecular complexity index is 535. The first-order chi connectivity index (χ1) is 8.66. The second-order valence-electron chi connectivity index (χ2n) is 4.31. The van der Waals surface area contributed by atoms with Gasteiger partial charge in [0.15, 0.2) is 5.69 Å². The van der Waals surface area contributed by atoms with Gasteiger partial charge >= 0.3 is 12.1 Å². The molecule has 1 heterocycles. The zero-order valence-corrected chi connectivity index (χ0v) is 10.6. The fourth-order valence-corrected chi connectivity index (χ4v) is 1.41. The molecule has 1 aromatic heterocycles. The number of hydrogen-bond donors (Lipinski definition) is 0. The molecule has 0 aliphatic rings. The molecule has 5 nitrogen and oxygen atoms in total. The van der Waals surface area contributed by atoms with Gasteiger partial charge in [-0.25, -0.2) is 9.48 Å². The lowest BCUT2D eigenvalue weighted by atomic mass is 10.2. The number of carbonyl (C=O) groups excluding carboxylic acids is 1. The summed E-state index contributed by atoms with van der Waals surface area (Å²) in [5.41, 5.74) is -2.87. The van der Waals surface area contributed by atoms with Crippen molar-refractivity contribution in [1.82, 2.24) is 9.78 Å². The zero-order chi connectivity index (χ0) is 14.8. The average Bonchev–Trinajstić information content (AvgIpc) is 2.28. The average molecular weight is 278 g/mol. The first-order valence-corrected chi connectivity index (χ1v) is 5.44. The van der Waals surface area contributed by atoms with Crippen LogP contribution < -0.4 is 5.56 Å². The van der Waals surface area contributed by atoms with Crippen molar-refractivity contribution in [1.29, 1.82) is 0 Å². The SMILES string of the molecule is COC(=O)c1cc(C(F)(F)F)nn(CC(C)C)c1=O. The minimum absolute atomic E-state index is 0.0211. The molecule has 0 fully saturated rings. The quantitative estimate of drug-likeness (QED) is 0.790. The van der Waals surface area contributed by atoms with E-state index in [4.69, 9.17) is 0 Å². The Kier molecular flexibility index (Phi) is 4.33. The third-order valence-electron chi connectivity index (χ3n) is 2.21. The molecule has 19 heavy (non-hydrogen) atoms. The molecule has 0 bridgehead atoms. The predicted octanol–water partition coefficient (Wildman–Crippen LogP) is 1.70. The van der Waals surface area contributed by atoms with Crippen LogP contribution >= 0.6 is 0 Å². The maximum absolute atomic E-state index is 12.7. The summed E-state index contributed by atoms with van der Waals surface area (Å²) < 4.78 is 42.9. The Balaban J connectivity index is 3.47. The summed E-state index contributed by atoms with van der Waals surface area (Å²) >= 11 is 0. The van der Waals surface area contributed by atoms with Crippen molar-refractivity contribution in [3.63, 3.8) is 0 Å². The summed E-state index contributed by atoms with van der Waals surface area (Å²) in [5, 5.41) is 3.23. The van der Waals surface area contributed by atoms with Gasteiger partial charge in [0.1, 0.15) is 5.56 Å². The predicted molar refractivity (Wildman–Crippen MR) is 59.7 cm³/mol. The first-order valence-electron chi connectivity index (χ1n) is 5.44. The van der Waals surface area contributed by atoms with Gasteiger partial charge in [-0.2, -0.15) is 18.3 Å². The molecular weight excluding hydrogens is 265 g/mol. The summed E-state index contributed by atoms with van der Waals surface area (Å²) in [7, 11) is 0.988. The van der Waals surface area contributed by atoms with E-state index in [2.05, 4.69) is 9.84 Å². The van der Waals surface area contributed by atoms with E-state index in [0.717, 1.165) is 7.11 Å². The maximum atomic E-state index is 12.7. The third-order valence-corrected chi connectivity index (χ3v) is 2.21. The van der Waals surface area contributed by atoms with Crippen molar-refractivity contribution in [3.05, 3.63) is 27.7 Å². The second kappa shape index (κ2) is 5.41. The Labute approximate surface area is 107 Å². The zero-order valence-electron chi connectivity index (χ0n) is 10.6. The highest BCUT2D eigenvalue weighted by Gasteiger charge is 2.35. The molecule has 8 heteroatoms. The van der Waals surface area contributed by atoms with Crippen molar-refractivity contribution in [3.8, 4) is 0 Å². The van der Waals surface area contributed by atoms with Gasteiger partial charge in [0.2, 0.25) is 0 Å². The molecule has 0 saturated heterocycles. The number of alkyl halides is 3. The van der Waals surface area contributed by atoms with Gasteiger partial charge in [0.25, 0.3) is 5.56 Å². The second-order valence-corrected chi connectivity index (χ2v) is 4.31. The fourth-order valence-electron chi connectivity index (χ4n) is 1.41. The Morgan fingerprint density at radius 2 is 2.05 bits per heavy atom. The van der Waals surface area contributed by atoms with Gasteiger partial charge in [0.05, 0.1) is 7.11 Å². The molecule has 0 saturated carbocycles. The highest BCUT2D eigenvalue weighted by Crippen LogP contribution is 2.27. The van der Waals surface area contributed by atoms with Crippen LogP contribution in [0.1, 0.15) is 29.9 Å². The molecule has 0 unspecified atom stereocenters. The molecule has 0 aliphatic heterocycles. The fraction of sp³-hybridized carbons (Fsp3) is 0.545. The van der Waals surface area contributed by atoms with Crippen LogP contribution in [0.3, 0.4) is 0 Å². The van der Waals surface area contributed by atoms with Gasteiger partial charge in [-0.1, -0.05) is 13.8 Å². The lowest BCUT2D eigenvalue weighted by molar-refractivity contribution is -0.142. The molecule has 1 aromatic rings. The van der Waals surface area contributed by atoms with Crippen LogP contribution in [0.4, 0.5) is 13.2 Å². The third kappa shape index (κ3) is 3.55. The highest BCUT2D eigenvalue weighted by atomic mass is 19.4. The van der Waals surface area contributed by atoms with E-state index < -0.39 is 29.0 Å². The normalized spacial score (nSPS) is 11.7. The van der Waals surface area contributed by atoms with Gasteiger partial charge in [-0.05, 0) is 12.0 Å². The molecular formula is C11H13F3N2O3. The van der Waals surface area contributed by atoms with Crippen molar-refractivity contribution < 1.29 is 22.7 Å². The molecule has 0 aromatic carbocycles. The van der Waals surface area contributed by atoms with Crippen LogP contribution in [0.2, 0.25) is 0 Å². The molecule has 1 rings (SSSR count). The Morgan fingerprint density at radius 1 is 1.47 bits per heavy atom. The summed E-state index contributed by atoms with van der Waals surface area (Å²) in [4.78, 5) is 23.1. The summed E-state index contributed by atoms with van der Waals surface area (Å²) in [6.45, 7) is 3.41. The van der Waals surface area contributed by atoms with Gasteiger partial charge < -0.3 is 4.74 Å². The number of rotatable bonds is 3. The van der Waals surface area contributed by atoms with Gasteiger partial charge in [-0.3, -0.25) is 4.79 Å². The van der Waals surface area contributed by atoms with E-state index in [1.54, 1.807) is 13.8 Å². The minimum Gasteiger partial charge on any atom is -0.465 e. The number of aromatic nitrogens is 2. The van der Waals surface area contributed by atoms with Crippen LogP contribution in [0.15, 0.2) is 10.9 Å². The number of hydrogen-bond acceptors (Lipinski definition) is 4. The topological polar surface area (TPSA) is 61.2 Å². The summed E-state index contributed by atoms with van der Waals surface area (Å²) in [5.74, 6) is -1.21. The van der Waals surface area contributed by atoms with E-state index in [1.807, 2.05) is 0 Å². The van der Waals surface area contributed by atoms with E-state index in [-0.39, 0.29) is 12.5 Å². The molecule has 0 radical (unpaired) electrons. The monoisotopic (exact) mass is 278 g/mol. The number of nitrogens with zero attached hydrogens (tertiary/aromatic N) is 2. The van der Waals surface area contributed by atoms with Crippen molar-refractivity contribution in [2.24, 2.45) is 5.92 Å². The smallest absolute Gasteiger partial charge is 0.435 e. The van der Waals surface area contributed by atoms with Crippen LogP contribution in [-0.4, -0.2) is 22.9 Å². The molecule has 0 amide bonds. The molecule has 0 N–H and O–H groups in total. The van der Waals surface area contributed by atoms with E-state index in [0.29, 0.717) is 10.7 Å². The molecule has 106 valence electrons. The van der Waals surface area contributed by atoms with E-state index in [9.17, 15) is 22.8 Å². The van der Waals surface area contributed by atoms with Crippen LogP contribution in [0, 0.1) is 5.92 Å². The van der Waals surface area contributed by atoms with Crippen molar-refractivity contribution in [2.45, 2.75) is 26.6 Å². The van der Waals surface area contributed by atoms with Crippen LogP contribution in [-0.2, 0) is 17.5 Å². The van der Waals surface area contributed by atoms with Crippen LogP contribution in [0.5, 0.6) is 0 Å². The summed E-state index contributed by atoms with van der Waals surface area (Å²) in [6.07, 6.45) is -4.74. The van der Waals surface area contributed by atoms with Gasteiger partial charge in [0, 0.05) is 6.54 Å². The number of carbonyl (C=O) groups is 1. The first kappa shape index (κ1) is 15.2. The lowest BCUT2D eigenvalue weighted by Crippen LogP contribution is -2.33. The van der Waals surface area contributed by atoms with Crippen molar-refractivity contribution in [2.75, 3.05) is 7.11 Å². The molecule has 0 spiro atoms. The Hall–Kier alpha value is -1.86. The molecule has 0 aliphatic carbocycles. The largest absolute Gasteiger partial charge is 0.465 e. The van der Waals surface area contributed by atoms with Crippen LogP contribution in [0.25, 0.3) is 0 Å².